The minimum Gasteiger partial charge on any atom is -0.503 e. The number of nitrogens with zero attached hydrogens (tertiary/aromatic N) is 1. The van der Waals surface area contributed by atoms with Crippen molar-refractivity contribution in [2.45, 2.75) is 19.3 Å². The SMILES string of the molecule is O=C1NCC(C(=O)N(CCCc2ccc(Cl)c(Cl)c2)CCc2cccc(Cl)c2)=C1O. The number of hydrogen-bond donors (Lipinski definition) is 2. The molecule has 1 aliphatic rings. The minimum absolute atomic E-state index is 0.0317. The molecule has 2 amide bonds. The normalized spacial score (nSPS) is 13.5. The van der Waals surface area contributed by atoms with E-state index in [4.69, 9.17) is 34.8 Å². The lowest BCUT2D eigenvalue weighted by Crippen LogP contribution is -2.36. The molecule has 3 rings (SSSR count). The van der Waals surface area contributed by atoms with Crippen LogP contribution in [0, 0.1) is 0 Å². The van der Waals surface area contributed by atoms with Gasteiger partial charge in [-0.15, -0.1) is 0 Å². The second-order valence-corrected chi connectivity index (χ2v) is 8.28. The highest BCUT2D eigenvalue weighted by atomic mass is 35.5. The molecule has 30 heavy (non-hydrogen) atoms. The van der Waals surface area contributed by atoms with Crippen molar-refractivity contribution < 1.29 is 14.7 Å². The quantitative estimate of drug-likeness (QED) is 0.596. The fourth-order valence-corrected chi connectivity index (χ4v) is 3.82. The zero-order valence-electron chi connectivity index (χ0n) is 16.1. The van der Waals surface area contributed by atoms with E-state index in [-0.39, 0.29) is 18.0 Å². The van der Waals surface area contributed by atoms with Crippen molar-refractivity contribution in [2.75, 3.05) is 19.6 Å². The highest BCUT2D eigenvalue weighted by Gasteiger charge is 2.29. The van der Waals surface area contributed by atoms with E-state index in [0.717, 1.165) is 11.1 Å². The summed E-state index contributed by atoms with van der Waals surface area (Å²) in [6.07, 6.45) is 2.00. The van der Waals surface area contributed by atoms with Crippen molar-refractivity contribution >= 4 is 46.6 Å². The van der Waals surface area contributed by atoms with E-state index in [1.165, 1.54) is 0 Å². The minimum atomic E-state index is -0.621. The van der Waals surface area contributed by atoms with E-state index in [1.54, 1.807) is 17.0 Å². The van der Waals surface area contributed by atoms with Crippen molar-refractivity contribution in [1.82, 2.24) is 10.2 Å². The van der Waals surface area contributed by atoms with Crippen LogP contribution >= 0.6 is 34.8 Å². The summed E-state index contributed by atoms with van der Waals surface area (Å²) in [5.74, 6) is -1.47. The largest absolute Gasteiger partial charge is 0.503 e. The number of rotatable bonds is 8. The van der Waals surface area contributed by atoms with E-state index in [1.807, 2.05) is 30.3 Å². The van der Waals surface area contributed by atoms with Gasteiger partial charge in [0.05, 0.1) is 22.2 Å². The number of hydrogen-bond acceptors (Lipinski definition) is 3. The van der Waals surface area contributed by atoms with Gasteiger partial charge in [-0.3, -0.25) is 9.59 Å². The molecule has 2 aromatic rings. The first kappa shape index (κ1) is 22.5. The highest BCUT2D eigenvalue weighted by Crippen LogP contribution is 2.23. The summed E-state index contributed by atoms with van der Waals surface area (Å²) >= 11 is 18.1. The summed E-state index contributed by atoms with van der Waals surface area (Å²) in [5.41, 5.74) is 2.12. The van der Waals surface area contributed by atoms with E-state index in [2.05, 4.69) is 5.32 Å². The lowest BCUT2D eigenvalue weighted by Gasteiger charge is -2.23. The molecule has 158 valence electrons. The first-order valence-corrected chi connectivity index (χ1v) is 10.7. The Morgan fingerprint density at radius 1 is 1.00 bits per heavy atom. The lowest BCUT2D eigenvalue weighted by atomic mass is 10.1. The third kappa shape index (κ3) is 5.69. The molecule has 1 aliphatic heterocycles. The number of carbonyl (C=O) groups excluding carboxylic acids is 2. The molecule has 5 nitrogen and oxygen atoms in total. The Balaban J connectivity index is 1.68. The first-order chi connectivity index (χ1) is 14.3. The summed E-state index contributed by atoms with van der Waals surface area (Å²) in [6, 6.07) is 12.9. The zero-order chi connectivity index (χ0) is 21.7. The Morgan fingerprint density at radius 2 is 1.77 bits per heavy atom. The number of aliphatic hydroxyl groups is 1. The van der Waals surface area contributed by atoms with E-state index in [9.17, 15) is 14.7 Å². The molecule has 0 aromatic heterocycles. The molecule has 0 unspecified atom stereocenters. The van der Waals surface area contributed by atoms with Crippen LogP contribution in [0.2, 0.25) is 15.1 Å². The average Bonchev–Trinajstić information content (AvgIpc) is 3.05. The number of aliphatic hydroxyl groups excluding tert-OH is 1. The van der Waals surface area contributed by atoms with Crippen LogP contribution in [0.5, 0.6) is 0 Å². The number of nitrogens with one attached hydrogen (secondary N) is 1. The molecule has 2 aromatic carbocycles. The van der Waals surface area contributed by atoms with Crippen molar-refractivity contribution in [3.05, 3.63) is 80.0 Å². The molecule has 0 saturated carbocycles. The molecular weight excluding hydrogens is 447 g/mol. The number of aryl methyl sites for hydroxylation is 1. The molecular formula is C22H21Cl3N2O3. The molecule has 0 aliphatic carbocycles. The van der Waals surface area contributed by atoms with Gasteiger partial charge in [-0.05, 0) is 54.7 Å². The van der Waals surface area contributed by atoms with Crippen LogP contribution in [-0.2, 0) is 22.4 Å². The monoisotopic (exact) mass is 466 g/mol. The maximum atomic E-state index is 13.0. The van der Waals surface area contributed by atoms with E-state index >= 15 is 0 Å². The zero-order valence-corrected chi connectivity index (χ0v) is 18.4. The Morgan fingerprint density at radius 3 is 2.43 bits per heavy atom. The van der Waals surface area contributed by atoms with Gasteiger partial charge >= 0.3 is 0 Å². The third-order valence-corrected chi connectivity index (χ3v) is 5.88. The summed E-state index contributed by atoms with van der Waals surface area (Å²) in [4.78, 5) is 26.2. The van der Waals surface area contributed by atoms with Crippen LogP contribution in [0.15, 0.2) is 53.8 Å². The second kappa shape index (κ2) is 10.2. The molecule has 0 radical (unpaired) electrons. The maximum absolute atomic E-state index is 13.0. The van der Waals surface area contributed by atoms with Crippen LogP contribution in [0.25, 0.3) is 0 Å². The first-order valence-electron chi connectivity index (χ1n) is 9.53. The molecule has 8 heteroatoms. The second-order valence-electron chi connectivity index (χ2n) is 7.03. The van der Waals surface area contributed by atoms with Gasteiger partial charge in [-0.25, -0.2) is 0 Å². The number of halogens is 3. The predicted molar refractivity (Wildman–Crippen MR) is 119 cm³/mol. The van der Waals surface area contributed by atoms with Crippen LogP contribution in [0.4, 0.5) is 0 Å². The summed E-state index contributed by atoms with van der Waals surface area (Å²) in [5, 5.41) is 14.0. The Labute approximate surface area is 190 Å². The average molecular weight is 468 g/mol. The smallest absolute Gasteiger partial charge is 0.286 e. The third-order valence-electron chi connectivity index (χ3n) is 4.91. The molecule has 0 fully saturated rings. The standard InChI is InChI=1S/C22H21Cl3N2O3/c23-16-5-1-3-15(11-16)8-10-27(22(30)17-13-26-21(29)20(17)28)9-2-4-14-6-7-18(24)19(25)12-14/h1,3,5-7,11-12,28H,2,4,8-10,13H2,(H,26,29). The predicted octanol–water partition coefficient (Wildman–Crippen LogP) is 4.59. The van der Waals surface area contributed by atoms with Gasteiger partial charge in [0.25, 0.3) is 11.8 Å². The van der Waals surface area contributed by atoms with Gasteiger partial charge in [0.2, 0.25) is 0 Å². The van der Waals surface area contributed by atoms with Crippen LogP contribution in [0.3, 0.4) is 0 Å². The number of benzene rings is 2. The Kier molecular flexibility index (Phi) is 7.64. The van der Waals surface area contributed by atoms with Crippen molar-refractivity contribution in [3.63, 3.8) is 0 Å². The molecule has 0 saturated heterocycles. The van der Waals surface area contributed by atoms with Gasteiger partial charge in [0.1, 0.15) is 0 Å². The molecule has 0 bridgehead atoms. The van der Waals surface area contributed by atoms with E-state index in [0.29, 0.717) is 47.4 Å². The summed E-state index contributed by atoms with van der Waals surface area (Å²) in [7, 11) is 0. The number of carbonyl (C=O) groups is 2. The van der Waals surface area contributed by atoms with E-state index < -0.39 is 11.7 Å². The summed E-state index contributed by atoms with van der Waals surface area (Å²) in [6.45, 7) is 0.931. The topological polar surface area (TPSA) is 69.6 Å². The van der Waals surface area contributed by atoms with Crippen molar-refractivity contribution in [3.8, 4) is 0 Å². The fourth-order valence-electron chi connectivity index (χ4n) is 3.28. The Bertz CT molecular complexity index is 991. The Hall–Kier alpha value is -2.21. The fraction of sp³-hybridized carbons (Fsp3) is 0.273. The molecule has 1 heterocycles. The molecule has 0 spiro atoms. The summed E-state index contributed by atoms with van der Waals surface area (Å²) < 4.78 is 0. The molecule has 0 atom stereocenters. The molecule has 2 N–H and O–H groups in total. The van der Waals surface area contributed by atoms with Crippen LogP contribution in [0.1, 0.15) is 17.5 Å². The van der Waals surface area contributed by atoms with Crippen molar-refractivity contribution in [2.24, 2.45) is 0 Å². The number of amides is 2. The van der Waals surface area contributed by atoms with Crippen LogP contribution < -0.4 is 5.32 Å². The van der Waals surface area contributed by atoms with Gasteiger partial charge in [0.15, 0.2) is 5.76 Å². The van der Waals surface area contributed by atoms with Crippen molar-refractivity contribution in [1.29, 1.82) is 0 Å². The van der Waals surface area contributed by atoms with Gasteiger partial charge in [-0.2, -0.15) is 0 Å². The lowest BCUT2D eigenvalue weighted by molar-refractivity contribution is -0.127. The van der Waals surface area contributed by atoms with Crippen LogP contribution in [-0.4, -0.2) is 41.5 Å². The van der Waals surface area contributed by atoms with Gasteiger partial charge in [0, 0.05) is 18.1 Å². The van der Waals surface area contributed by atoms with Gasteiger partial charge in [-0.1, -0.05) is 53.0 Å². The highest BCUT2D eigenvalue weighted by molar-refractivity contribution is 6.42. The maximum Gasteiger partial charge on any atom is 0.286 e. The van der Waals surface area contributed by atoms with Gasteiger partial charge < -0.3 is 15.3 Å².